The van der Waals surface area contributed by atoms with Crippen LogP contribution in [-0.2, 0) is 0 Å². The number of aromatic nitrogens is 1. The van der Waals surface area contributed by atoms with Crippen LogP contribution in [-0.4, -0.2) is 12.0 Å². The summed E-state index contributed by atoms with van der Waals surface area (Å²) < 4.78 is 77.2. The van der Waals surface area contributed by atoms with Crippen LogP contribution >= 0.6 is 15.9 Å². The molecule has 0 fully saturated rings. The molecule has 0 saturated heterocycles. The smallest absolute Gasteiger partial charge is 0.128 e. The van der Waals surface area contributed by atoms with Gasteiger partial charge in [0.2, 0.25) is 0 Å². The molecule has 0 bridgehead atoms. The van der Waals surface area contributed by atoms with Gasteiger partial charge in [-0.1, -0.05) is 0 Å². The topological polar surface area (TPSA) is 22.1 Å². The molecule has 1 aromatic heterocycles. The van der Waals surface area contributed by atoms with Crippen LogP contribution < -0.4 is 4.74 Å². The van der Waals surface area contributed by atoms with Gasteiger partial charge in [0.25, 0.3) is 0 Å². The molecule has 1 aromatic rings. The van der Waals surface area contributed by atoms with E-state index in [0.717, 1.165) is 0 Å². The Bertz CT molecular complexity index is 508. The van der Waals surface area contributed by atoms with Gasteiger partial charge in [-0.15, -0.1) is 0 Å². The first-order valence-corrected chi connectivity index (χ1v) is 3.34. The zero-order chi connectivity index (χ0) is 16.8. The summed E-state index contributed by atoms with van der Waals surface area (Å²) in [5.74, 6) is -0.887. The molecule has 0 atom stereocenters. The molecule has 0 aliphatic heterocycles. The Hall–Kier alpha value is -0.570. The molecule has 0 amide bonds. The molecule has 3 heteroatoms. The highest BCUT2D eigenvalue weighted by atomic mass is 79.9. The summed E-state index contributed by atoms with van der Waals surface area (Å²) in [7, 11) is -3.08. The Balaban J connectivity index is 3.81. The van der Waals surface area contributed by atoms with Crippen LogP contribution in [0.15, 0.2) is 10.8 Å². The predicted molar refractivity (Wildman–Crippen MR) is 48.0 cm³/mol. The molecule has 11 heavy (non-hydrogen) atoms. The van der Waals surface area contributed by atoms with Crippen LogP contribution in [0.5, 0.6) is 5.75 Å². The average Bonchev–Trinajstić information content (AvgIpc) is 2.07. The number of halogens is 1. The van der Waals surface area contributed by atoms with Gasteiger partial charge in [-0.3, -0.25) is 0 Å². The van der Waals surface area contributed by atoms with Crippen molar-refractivity contribution in [2.45, 2.75) is 13.7 Å². The maximum atomic E-state index is 7.57. The van der Waals surface area contributed by atoms with Gasteiger partial charge in [-0.2, -0.15) is 0 Å². The van der Waals surface area contributed by atoms with Crippen LogP contribution in [0.3, 0.4) is 0 Å². The van der Waals surface area contributed by atoms with E-state index in [9.17, 15) is 0 Å². The minimum Gasteiger partial charge on any atom is -0.496 e. The summed E-state index contributed by atoms with van der Waals surface area (Å²) >= 11 is 2.80. The van der Waals surface area contributed by atoms with Crippen LogP contribution in [0, 0.1) is 13.7 Å². The van der Waals surface area contributed by atoms with Crippen LogP contribution in [0.4, 0.5) is 0 Å². The molecule has 0 unspecified atom stereocenters. The van der Waals surface area contributed by atoms with Gasteiger partial charge in [0, 0.05) is 25.5 Å². The summed E-state index contributed by atoms with van der Waals surface area (Å²) in [6.07, 6.45) is -0.783. The van der Waals surface area contributed by atoms with E-state index >= 15 is 0 Å². The number of hydrogen-bond acceptors (Lipinski definition) is 2. The summed E-state index contributed by atoms with van der Waals surface area (Å²) in [5.41, 5.74) is -1.55. The van der Waals surface area contributed by atoms with Crippen molar-refractivity contribution >= 4 is 15.9 Å². The van der Waals surface area contributed by atoms with Gasteiger partial charge in [-0.25, -0.2) is 4.98 Å². The van der Waals surface area contributed by atoms with E-state index in [0.29, 0.717) is 0 Å². The van der Waals surface area contributed by atoms with E-state index in [2.05, 4.69) is 25.7 Å². The molecule has 1 heterocycles. The third-order valence-corrected chi connectivity index (χ3v) is 1.60. The third kappa shape index (κ3) is 1.53. The third-order valence-electron chi connectivity index (χ3n) is 1.03. The highest BCUT2D eigenvalue weighted by Crippen LogP contribution is 2.26. The summed E-state index contributed by atoms with van der Waals surface area (Å²) in [6, 6.07) is 0. The first-order valence-electron chi connectivity index (χ1n) is 7.54. The number of methoxy groups -OCH3 is 1. The Morgan fingerprint density at radius 2 is 2.64 bits per heavy atom. The van der Waals surface area contributed by atoms with Crippen LogP contribution in [0.1, 0.15) is 24.8 Å². The quantitative estimate of drug-likeness (QED) is 0.686. The normalized spacial score (nSPS) is 26.6. The minimum atomic E-state index is -3.08. The van der Waals surface area contributed by atoms with Gasteiger partial charge < -0.3 is 4.74 Å². The van der Waals surface area contributed by atoms with Crippen molar-refractivity contribution in [3.63, 3.8) is 0 Å². The van der Waals surface area contributed by atoms with Crippen molar-refractivity contribution in [1.82, 2.24) is 4.98 Å². The minimum absolute atomic E-state index is 0.361. The monoisotopic (exact) mass is 225 g/mol. The number of rotatable bonds is 1. The molecule has 0 aliphatic rings. The fourth-order valence-electron chi connectivity index (χ4n) is 0.532. The van der Waals surface area contributed by atoms with Crippen molar-refractivity contribution < 1.29 is 18.4 Å². The maximum Gasteiger partial charge on any atom is 0.128 e. The second-order valence-corrected chi connectivity index (χ2v) is 2.45. The number of hydrogen-bond donors (Lipinski definition) is 0. The number of pyridine rings is 1. The fraction of sp³-hybridized carbons (Fsp3) is 0.375. The second kappa shape index (κ2) is 3.22. The molecular weight excluding hydrogens is 206 g/mol. The molecule has 0 aliphatic carbocycles. The van der Waals surface area contributed by atoms with Crippen molar-refractivity contribution in [3.05, 3.63) is 21.9 Å². The van der Waals surface area contributed by atoms with Crippen molar-refractivity contribution in [2.24, 2.45) is 0 Å². The van der Waals surface area contributed by atoms with Crippen molar-refractivity contribution in [2.75, 3.05) is 7.04 Å². The molecule has 0 N–H and O–H groups in total. The van der Waals surface area contributed by atoms with Gasteiger partial charge in [0.1, 0.15) is 10.4 Å². The molecule has 0 saturated carbocycles. The Morgan fingerprint density at radius 1 is 1.73 bits per heavy atom. The van der Waals surface area contributed by atoms with E-state index < -0.39 is 43.8 Å². The second-order valence-electron chi connectivity index (χ2n) is 1.70. The fourth-order valence-corrected chi connectivity index (χ4v) is 0.801. The molecule has 0 radical (unpaired) electrons. The lowest BCUT2D eigenvalue weighted by molar-refractivity contribution is 0.407. The molecule has 0 aromatic carbocycles. The Morgan fingerprint density at radius 3 is 3.27 bits per heavy atom. The summed E-state index contributed by atoms with van der Waals surface area (Å²) in [4.78, 5) is 3.50. The predicted octanol–water partition coefficient (Wildman–Crippen LogP) is 2.47. The van der Waals surface area contributed by atoms with Gasteiger partial charge in [-0.05, 0) is 29.6 Å². The highest BCUT2D eigenvalue weighted by Gasteiger charge is 2.05. The first-order chi connectivity index (χ1) is 9.14. The molecule has 1 rings (SSSR count). The standard InChI is InChI=1S/C8H10BrNO/c1-5-4-10-8(9)6(2)7(5)11-3/h4H,1-3H3/i1D3,2D3,3D3,4D. The van der Waals surface area contributed by atoms with Crippen molar-refractivity contribution in [3.8, 4) is 5.75 Å². The number of ether oxygens (including phenoxy) is 1. The molecular formula is C8H10BrNO. The van der Waals surface area contributed by atoms with E-state index in [4.69, 9.17) is 13.7 Å². The van der Waals surface area contributed by atoms with Gasteiger partial charge >= 0.3 is 0 Å². The van der Waals surface area contributed by atoms with E-state index in [1.54, 1.807) is 0 Å². The van der Waals surface area contributed by atoms with E-state index in [-0.39, 0.29) is 4.60 Å². The first kappa shape index (κ1) is 2.22. The van der Waals surface area contributed by atoms with E-state index in [1.807, 2.05) is 0 Å². The molecule has 0 spiro atoms. The van der Waals surface area contributed by atoms with Crippen LogP contribution in [0.25, 0.3) is 0 Å². The lowest BCUT2D eigenvalue weighted by Crippen LogP contribution is -1.93. The maximum absolute atomic E-state index is 7.57. The van der Waals surface area contributed by atoms with Gasteiger partial charge in [0.05, 0.1) is 12.5 Å². The Labute approximate surface area is 88.8 Å². The zero-order valence-corrected chi connectivity index (χ0v) is 6.82. The molecule has 2 nitrogen and oxygen atoms in total. The Kier molecular flexibility index (Phi) is 0.650. The lowest BCUT2D eigenvalue weighted by Gasteiger charge is -2.07. The highest BCUT2D eigenvalue weighted by molar-refractivity contribution is 9.10. The summed E-state index contributed by atoms with van der Waals surface area (Å²) in [5, 5.41) is 0. The largest absolute Gasteiger partial charge is 0.496 e. The molecule has 60 valence electrons. The van der Waals surface area contributed by atoms with E-state index in [1.165, 1.54) is 0 Å². The average molecular weight is 226 g/mol. The zero-order valence-electron chi connectivity index (χ0n) is 15.2. The summed E-state index contributed by atoms with van der Waals surface area (Å²) in [6.45, 7) is -5.83. The lowest BCUT2D eigenvalue weighted by atomic mass is 10.2. The van der Waals surface area contributed by atoms with Crippen LogP contribution in [0.2, 0.25) is 0 Å². The van der Waals surface area contributed by atoms with Gasteiger partial charge in [0.15, 0.2) is 0 Å². The number of nitrogens with zero attached hydrogens (tertiary/aromatic N) is 1. The van der Waals surface area contributed by atoms with Crippen molar-refractivity contribution in [1.29, 1.82) is 0 Å². The SMILES string of the molecule is [2H]c1nc(Br)c(C([2H])([2H])[2H])c(OC([2H])([2H])[2H])c1C([2H])([2H])[2H].